The molecule has 0 aromatic carbocycles. The predicted molar refractivity (Wildman–Crippen MR) is 85.5 cm³/mol. The van der Waals surface area contributed by atoms with Crippen LogP contribution in [0.25, 0.3) is 11.4 Å². The summed E-state index contributed by atoms with van der Waals surface area (Å²) in [5, 5.41) is 7.08. The Morgan fingerprint density at radius 2 is 1.91 bits per heavy atom. The molecule has 3 rings (SSSR count). The topological polar surface area (TPSA) is 80.9 Å². The summed E-state index contributed by atoms with van der Waals surface area (Å²) in [5.74, 6) is 1.10. The van der Waals surface area contributed by atoms with Crippen LogP contribution in [0, 0.1) is 0 Å². The SMILES string of the molecule is O=C(CCc1nc(-c2ccncc2)no1)NC1CCCCCC1. The molecular weight excluding hydrogens is 292 g/mol. The molecule has 0 unspecified atom stereocenters. The maximum atomic E-state index is 12.1. The molecule has 0 atom stereocenters. The largest absolute Gasteiger partial charge is 0.353 e. The van der Waals surface area contributed by atoms with Crippen LogP contribution in [0.3, 0.4) is 0 Å². The molecule has 0 aliphatic heterocycles. The van der Waals surface area contributed by atoms with E-state index in [9.17, 15) is 4.79 Å². The lowest BCUT2D eigenvalue weighted by molar-refractivity contribution is -0.121. The molecule has 2 aromatic heterocycles. The third-order valence-electron chi connectivity index (χ3n) is 4.19. The van der Waals surface area contributed by atoms with E-state index in [1.807, 2.05) is 12.1 Å². The van der Waals surface area contributed by atoms with Crippen molar-refractivity contribution in [3.05, 3.63) is 30.4 Å². The summed E-state index contributed by atoms with van der Waals surface area (Å²) < 4.78 is 5.22. The number of hydrogen-bond donors (Lipinski definition) is 1. The summed E-state index contributed by atoms with van der Waals surface area (Å²) in [5.41, 5.74) is 0.859. The van der Waals surface area contributed by atoms with Gasteiger partial charge in [0.25, 0.3) is 0 Å². The molecule has 23 heavy (non-hydrogen) atoms. The highest BCUT2D eigenvalue weighted by molar-refractivity contribution is 5.76. The van der Waals surface area contributed by atoms with E-state index in [-0.39, 0.29) is 5.91 Å². The van der Waals surface area contributed by atoms with Crippen LogP contribution in [-0.4, -0.2) is 27.1 Å². The minimum Gasteiger partial charge on any atom is -0.353 e. The monoisotopic (exact) mass is 314 g/mol. The van der Waals surface area contributed by atoms with Crippen molar-refractivity contribution >= 4 is 5.91 Å². The number of amides is 1. The van der Waals surface area contributed by atoms with E-state index in [0.29, 0.717) is 30.6 Å². The van der Waals surface area contributed by atoms with Crippen LogP contribution in [0.4, 0.5) is 0 Å². The highest BCUT2D eigenvalue weighted by atomic mass is 16.5. The zero-order chi connectivity index (χ0) is 15.9. The molecule has 6 nitrogen and oxygen atoms in total. The van der Waals surface area contributed by atoms with Crippen molar-refractivity contribution < 1.29 is 9.32 Å². The lowest BCUT2D eigenvalue weighted by Gasteiger charge is -2.15. The summed E-state index contributed by atoms with van der Waals surface area (Å²) in [4.78, 5) is 20.4. The van der Waals surface area contributed by atoms with Crippen molar-refractivity contribution in [2.24, 2.45) is 0 Å². The highest BCUT2D eigenvalue weighted by Gasteiger charge is 2.16. The second-order valence-corrected chi connectivity index (χ2v) is 6.00. The highest BCUT2D eigenvalue weighted by Crippen LogP contribution is 2.18. The first-order valence-electron chi connectivity index (χ1n) is 8.33. The Labute approximate surface area is 135 Å². The standard InChI is InChI=1S/C17H22N4O2/c22-15(19-14-5-3-1-2-4-6-14)7-8-16-20-17(21-23-16)13-9-11-18-12-10-13/h9-12,14H,1-8H2,(H,19,22). The van der Waals surface area contributed by atoms with Crippen molar-refractivity contribution in [3.63, 3.8) is 0 Å². The van der Waals surface area contributed by atoms with Crippen molar-refractivity contribution in [2.45, 2.75) is 57.4 Å². The van der Waals surface area contributed by atoms with Crippen molar-refractivity contribution in [1.82, 2.24) is 20.4 Å². The number of nitrogens with one attached hydrogen (secondary N) is 1. The van der Waals surface area contributed by atoms with Gasteiger partial charge in [0.15, 0.2) is 0 Å². The summed E-state index contributed by atoms with van der Waals surface area (Å²) in [6, 6.07) is 3.99. The van der Waals surface area contributed by atoms with Gasteiger partial charge in [-0.05, 0) is 25.0 Å². The van der Waals surface area contributed by atoms with Gasteiger partial charge >= 0.3 is 0 Å². The van der Waals surface area contributed by atoms with E-state index < -0.39 is 0 Å². The van der Waals surface area contributed by atoms with Gasteiger partial charge < -0.3 is 9.84 Å². The molecule has 1 aliphatic rings. The Morgan fingerprint density at radius 1 is 1.17 bits per heavy atom. The van der Waals surface area contributed by atoms with E-state index in [1.165, 1.54) is 25.7 Å². The molecule has 1 saturated carbocycles. The van der Waals surface area contributed by atoms with Gasteiger partial charge in [-0.15, -0.1) is 0 Å². The fraction of sp³-hybridized carbons (Fsp3) is 0.529. The van der Waals surface area contributed by atoms with Crippen LogP contribution in [-0.2, 0) is 11.2 Å². The average Bonchev–Trinajstić information content (AvgIpc) is 2.91. The third-order valence-corrected chi connectivity index (χ3v) is 4.19. The van der Waals surface area contributed by atoms with Crippen molar-refractivity contribution in [2.75, 3.05) is 0 Å². The molecule has 1 fully saturated rings. The maximum absolute atomic E-state index is 12.1. The Bertz CT molecular complexity index is 619. The van der Waals surface area contributed by atoms with E-state index >= 15 is 0 Å². The lowest BCUT2D eigenvalue weighted by Crippen LogP contribution is -2.34. The van der Waals surface area contributed by atoms with Crippen molar-refractivity contribution in [1.29, 1.82) is 0 Å². The number of carbonyl (C=O) groups excluding carboxylic acids is 1. The van der Waals surface area contributed by atoms with Gasteiger partial charge in [0.2, 0.25) is 17.6 Å². The fourth-order valence-corrected chi connectivity index (χ4v) is 2.92. The fourth-order valence-electron chi connectivity index (χ4n) is 2.92. The van der Waals surface area contributed by atoms with E-state index in [1.54, 1.807) is 12.4 Å². The number of pyridine rings is 1. The first kappa shape index (κ1) is 15.6. The molecule has 6 heteroatoms. The van der Waals surface area contributed by atoms with Gasteiger partial charge in [0, 0.05) is 36.8 Å². The van der Waals surface area contributed by atoms with E-state index in [0.717, 1.165) is 18.4 Å². The quantitative estimate of drug-likeness (QED) is 0.858. The molecule has 122 valence electrons. The number of aryl methyl sites for hydroxylation is 1. The second kappa shape index (κ2) is 7.85. The predicted octanol–water partition coefficient (Wildman–Crippen LogP) is 2.90. The van der Waals surface area contributed by atoms with Crippen LogP contribution < -0.4 is 5.32 Å². The van der Waals surface area contributed by atoms with Crippen LogP contribution in [0.1, 0.15) is 50.8 Å². The number of hydrogen-bond acceptors (Lipinski definition) is 5. The smallest absolute Gasteiger partial charge is 0.227 e. The Hall–Kier alpha value is -2.24. The van der Waals surface area contributed by atoms with Gasteiger partial charge in [0.05, 0.1) is 0 Å². The first-order chi connectivity index (χ1) is 11.3. The first-order valence-corrected chi connectivity index (χ1v) is 8.33. The molecule has 1 aliphatic carbocycles. The van der Waals surface area contributed by atoms with Gasteiger partial charge in [0.1, 0.15) is 0 Å². The zero-order valence-corrected chi connectivity index (χ0v) is 13.2. The zero-order valence-electron chi connectivity index (χ0n) is 13.2. The summed E-state index contributed by atoms with van der Waals surface area (Å²) in [7, 11) is 0. The van der Waals surface area contributed by atoms with Crippen molar-refractivity contribution in [3.8, 4) is 11.4 Å². The van der Waals surface area contributed by atoms with Crippen LogP contribution in [0.5, 0.6) is 0 Å². The van der Waals surface area contributed by atoms with Gasteiger partial charge in [-0.2, -0.15) is 4.98 Å². The maximum Gasteiger partial charge on any atom is 0.227 e. The number of aromatic nitrogens is 3. The summed E-state index contributed by atoms with van der Waals surface area (Å²) >= 11 is 0. The normalized spacial score (nSPS) is 16.0. The molecule has 1 amide bonds. The minimum atomic E-state index is 0.0700. The van der Waals surface area contributed by atoms with Gasteiger partial charge in [-0.1, -0.05) is 30.8 Å². The Balaban J connectivity index is 1.48. The molecule has 2 heterocycles. The summed E-state index contributed by atoms with van der Waals surface area (Å²) in [6.45, 7) is 0. The van der Waals surface area contributed by atoms with Crippen LogP contribution in [0.15, 0.2) is 29.0 Å². The van der Waals surface area contributed by atoms with E-state index in [2.05, 4.69) is 20.4 Å². The molecular formula is C17H22N4O2. The minimum absolute atomic E-state index is 0.0700. The van der Waals surface area contributed by atoms with Gasteiger partial charge in [-0.25, -0.2) is 0 Å². The third kappa shape index (κ3) is 4.61. The molecule has 2 aromatic rings. The number of nitrogens with zero attached hydrogens (tertiary/aromatic N) is 3. The molecule has 0 saturated heterocycles. The second-order valence-electron chi connectivity index (χ2n) is 6.00. The summed E-state index contributed by atoms with van der Waals surface area (Å²) in [6.07, 6.45) is 11.4. The van der Waals surface area contributed by atoms with Gasteiger partial charge in [-0.3, -0.25) is 9.78 Å². The Morgan fingerprint density at radius 3 is 2.65 bits per heavy atom. The Kier molecular flexibility index (Phi) is 5.34. The molecule has 0 bridgehead atoms. The van der Waals surface area contributed by atoms with Crippen LogP contribution in [0.2, 0.25) is 0 Å². The molecule has 0 spiro atoms. The number of carbonyl (C=O) groups is 1. The number of rotatable bonds is 5. The van der Waals surface area contributed by atoms with E-state index in [4.69, 9.17) is 4.52 Å². The molecule has 0 radical (unpaired) electrons. The lowest BCUT2D eigenvalue weighted by atomic mass is 10.1. The molecule has 1 N–H and O–H groups in total. The average molecular weight is 314 g/mol. The van der Waals surface area contributed by atoms with Crippen LogP contribution >= 0.6 is 0 Å².